The SMILES string of the molecule is CC(C)CCC[C@@H](C)C1CCC2C3CC=C4CC(OC(=O)CN)CCC4(C)C3CCC21C. The third-order valence-electron chi connectivity index (χ3n) is 10.7. The van der Waals surface area contributed by atoms with Gasteiger partial charge >= 0.3 is 5.97 Å². The van der Waals surface area contributed by atoms with Crippen molar-refractivity contribution in [3.05, 3.63) is 11.6 Å². The highest BCUT2D eigenvalue weighted by Crippen LogP contribution is 2.67. The molecule has 3 saturated carbocycles. The monoisotopic (exact) mass is 443 g/mol. The molecule has 2 N–H and O–H groups in total. The zero-order valence-corrected chi connectivity index (χ0v) is 21.5. The van der Waals surface area contributed by atoms with Crippen molar-refractivity contribution in [2.45, 2.75) is 111 Å². The van der Waals surface area contributed by atoms with Crippen LogP contribution in [0.1, 0.15) is 105 Å². The third kappa shape index (κ3) is 4.32. The molecule has 0 amide bonds. The Morgan fingerprint density at radius 2 is 1.88 bits per heavy atom. The van der Waals surface area contributed by atoms with E-state index in [1.807, 2.05) is 0 Å². The molecule has 4 aliphatic carbocycles. The Labute approximate surface area is 197 Å². The number of nitrogens with two attached hydrogens (primary N) is 1. The Balaban J connectivity index is 1.45. The summed E-state index contributed by atoms with van der Waals surface area (Å²) < 4.78 is 5.64. The van der Waals surface area contributed by atoms with Crippen molar-refractivity contribution < 1.29 is 9.53 Å². The molecule has 3 heteroatoms. The second-order valence-electron chi connectivity index (χ2n) is 12.8. The van der Waals surface area contributed by atoms with E-state index in [9.17, 15) is 4.79 Å². The standard InChI is InChI=1S/C29H49NO2/c1-19(2)7-6-8-20(3)24-11-12-25-23-10-9-21-17-22(32-27(31)18-30)13-15-28(21,4)26(23)14-16-29(24,25)5/h9,19-20,22-26H,6-8,10-18,30H2,1-5H3/t20-,22?,23?,24?,25?,26?,28?,29?/m1/s1. The van der Waals surface area contributed by atoms with Crippen molar-refractivity contribution in [1.82, 2.24) is 0 Å². The van der Waals surface area contributed by atoms with E-state index in [0.29, 0.717) is 10.8 Å². The summed E-state index contributed by atoms with van der Waals surface area (Å²) in [6.07, 6.45) is 16.9. The molecule has 32 heavy (non-hydrogen) atoms. The first kappa shape index (κ1) is 24.3. The summed E-state index contributed by atoms with van der Waals surface area (Å²) in [7, 11) is 0. The van der Waals surface area contributed by atoms with Crippen LogP contribution in [0.25, 0.3) is 0 Å². The molecule has 3 fully saturated rings. The minimum absolute atomic E-state index is 0.00512. The summed E-state index contributed by atoms with van der Waals surface area (Å²) >= 11 is 0. The maximum Gasteiger partial charge on any atom is 0.319 e. The van der Waals surface area contributed by atoms with E-state index in [0.717, 1.165) is 48.3 Å². The first-order valence-electron chi connectivity index (χ1n) is 13.8. The van der Waals surface area contributed by atoms with Gasteiger partial charge < -0.3 is 10.5 Å². The molecule has 0 aromatic heterocycles. The number of carbonyl (C=O) groups excluding carboxylic acids is 1. The topological polar surface area (TPSA) is 52.3 Å². The molecule has 4 aliphatic rings. The molecular weight excluding hydrogens is 394 g/mol. The molecule has 0 heterocycles. The van der Waals surface area contributed by atoms with E-state index in [4.69, 9.17) is 10.5 Å². The van der Waals surface area contributed by atoms with E-state index in [1.54, 1.807) is 5.57 Å². The number of hydrogen-bond donors (Lipinski definition) is 1. The normalized spacial score (nSPS) is 42.0. The largest absolute Gasteiger partial charge is 0.461 e. The van der Waals surface area contributed by atoms with E-state index in [2.05, 4.69) is 40.7 Å². The summed E-state index contributed by atoms with van der Waals surface area (Å²) in [4.78, 5) is 11.7. The maximum atomic E-state index is 11.7. The van der Waals surface area contributed by atoms with Crippen molar-refractivity contribution in [2.75, 3.05) is 6.54 Å². The Morgan fingerprint density at radius 3 is 2.59 bits per heavy atom. The van der Waals surface area contributed by atoms with Crippen LogP contribution in [-0.4, -0.2) is 18.6 Å². The predicted octanol–water partition coefficient (Wildman–Crippen LogP) is 6.90. The van der Waals surface area contributed by atoms with Gasteiger partial charge in [-0.15, -0.1) is 0 Å². The van der Waals surface area contributed by atoms with Crippen LogP contribution in [0.2, 0.25) is 0 Å². The van der Waals surface area contributed by atoms with Gasteiger partial charge in [-0.2, -0.15) is 0 Å². The zero-order chi connectivity index (χ0) is 23.1. The number of rotatable bonds is 7. The van der Waals surface area contributed by atoms with Crippen LogP contribution in [0.4, 0.5) is 0 Å². The van der Waals surface area contributed by atoms with Crippen LogP contribution in [0.3, 0.4) is 0 Å². The van der Waals surface area contributed by atoms with Crippen LogP contribution in [0, 0.1) is 46.3 Å². The maximum absolute atomic E-state index is 11.7. The lowest BCUT2D eigenvalue weighted by Crippen LogP contribution is -2.51. The van der Waals surface area contributed by atoms with Gasteiger partial charge in [-0.1, -0.05) is 65.5 Å². The number of hydrogen-bond acceptors (Lipinski definition) is 3. The quantitative estimate of drug-likeness (QED) is 0.344. The van der Waals surface area contributed by atoms with Gasteiger partial charge in [-0.25, -0.2) is 0 Å². The fourth-order valence-electron chi connectivity index (χ4n) is 8.99. The van der Waals surface area contributed by atoms with Crippen LogP contribution < -0.4 is 5.73 Å². The average molecular weight is 444 g/mol. The summed E-state index contributed by atoms with van der Waals surface area (Å²) in [5.41, 5.74) is 7.93. The van der Waals surface area contributed by atoms with E-state index < -0.39 is 0 Å². The van der Waals surface area contributed by atoms with Gasteiger partial charge in [-0.3, -0.25) is 4.79 Å². The molecule has 0 saturated heterocycles. The molecule has 0 aliphatic heterocycles. The lowest BCUT2D eigenvalue weighted by Gasteiger charge is -2.58. The minimum Gasteiger partial charge on any atom is -0.461 e. The number of allylic oxidation sites excluding steroid dienone is 1. The molecular formula is C29H49NO2. The highest BCUT2D eigenvalue weighted by molar-refractivity contribution is 5.71. The molecule has 0 bridgehead atoms. The van der Waals surface area contributed by atoms with Crippen molar-refractivity contribution in [3.8, 4) is 0 Å². The molecule has 7 unspecified atom stereocenters. The average Bonchev–Trinajstić information content (AvgIpc) is 3.11. The van der Waals surface area contributed by atoms with Gasteiger partial charge in [-0.05, 0) is 91.3 Å². The van der Waals surface area contributed by atoms with Gasteiger partial charge in [0.1, 0.15) is 6.10 Å². The van der Waals surface area contributed by atoms with Gasteiger partial charge in [0.2, 0.25) is 0 Å². The lowest BCUT2D eigenvalue weighted by atomic mass is 9.47. The fourth-order valence-corrected chi connectivity index (χ4v) is 8.99. The molecule has 4 rings (SSSR count). The molecule has 0 aromatic rings. The third-order valence-corrected chi connectivity index (χ3v) is 10.7. The molecule has 182 valence electrons. The van der Waals surface area contributed by atoms with Crippen LogP contribution >= 0.6 is 0 Å². The molecule has 0 spiro atoms. The highest BCUT2D eigenvalue weighted by Gasteiger charge is 2.59. The predicted molar refractivity (Wildman–Crippen MR) is 132 cm³/mol. The molecule has 0 radical (unpaired) electrons. The Morgan fingerprint density at radius 1 is 1.09 bits per heavy atom. The van der Waals surface area contributed by atoms with Gasteiger partial charge in [0, 0.05) is 6.42 Å². The fraction of sp³-hybridized carbons (Fsp3) is 0.897. The molecule has 8 atom stereocenters. The minimum atomic E-state index is -0.249. The number of esters is 1. The molecule has 3 nitrogen and oxygen atoms in total. The van der Waals surface area contributed by atoms with Gasteiger partial charge in [0.15, 0.2) is 0 Å². The second kappa shape index (κ2) is 9.43. The highest BCUT2D eigenvalue weighted by atomic mass is 16.5. The Hall–Kier alpha value is -0.830. The number of fused-ring (bicyclic) bond motifs is 5. The summed E-state index contributed by atoms with van der Waals surface area (Å²) in [6.45, 7) is 12.5. The van der Waals surface area contributed by atoms with Crippen LogP contribution in [0.5, 0.6) is 0 Å². The van der Waals surface area contributed by atoms with E-state index >= 15 is 0 Å². The van der Waals surface area contributed by atoms with E-state index in [1.165, 1.54) is 57.8 Å². The van der Waals surface area contributed by atoms with Crippen molar-refractivity contribution >= 4 is 5.97 Å². The van der Waals surface area contributed by atoms with E-state index in [-0.39, 0.29) is 18.6 Å². The lowest BCUT2D eigenvalue weighted by molar-refractivity contribution is -0.149. The van der Waals surface area contributed by atoms with Gasteiger partial charge in [0.25, 0.3) is 0 Å². The first-order valence-corrected chi connectivity index (χ1v) is 13.8. The number of carbonyl (C=O) groups is 1. The summed E-state index contributed by atoms with van der Waals surface area (Å²) in [5, 5.41) is 0. The second-order valence-corrected chi connectivity index (χ2v) is 12.8. The smallest absolute Gasteiger partial charge is 0.319 e. The van der Waals surface area contributed by atoms with Gasteiger partial charge in [0.05, 0.1) is 6.54 Å². The van der Waals surface area contributed by atoms with Crippen molar-refractivity contribution in [3.63, 3.8) is 0 Å². The molecule has 0 aromatic carbocycles. The van der Waals surface area contributed by atoms with Crippen molar-refractivity contribution in [2.24, 2.45) is 52.1 Å². The Kier molecular flexibility index (Phi) is 7.16. The first-order chi connectivity index (χ1) is 15.2. The number of ether oxygens (including phenoxy) is 1. The Bertz CT molecular complexity index is 714. The van der Waals surface area contributed by atoms with Crippen LogP contribution in [-0.2, 0) is 9.53 Å². The summed E-state index contributed by atoms with van der Waals surface area (Å²) in [5.74, 6) is 4.97. The van der Waals surface area contributed by atoms with Crippen LogP contribution in [0.15, 0.2) is 11.6 Å². The van der Waals surface area contributed by atoms with Crippen molar-refractivity contribution in [1.29, 1.82) is 0 Å². The zero-order valence-electron chi connectivity index (χ0n) is 21.5. The summed E-state index contributed by atoms with van der Waals surface area (Å²) in [6, 6.07) is 0.